The fourth-order valence-corrected chi connectivity index (χ4v) is 2.61. The van der Waals surface area contributed by atoms with E-state index in [4.69, 9.17) is 4.74 Å². The zero-order chi connectivity index (χ0) is 21.9. The average molecular weight is 419 g/mol. The highest BCUT2D eigenvalue weighted by Gasteiger charge is 2.36. The molecule has 0 aliphatic heterocycles. The lowest BCUT2D eigenvalue weighted by atomic mass is 10.2. The molecule has 2 aromatic carbocycles. The summed E-state index contributed by atoms with van der Waals surface area (Å²) in [6.07, 6.45) is -3.97. The second-order valence-corrected chi connectivity index (χ2v) is 6.11. The summed E-state index contributed by atoms with van der Waals surface area (Å²) < 4.78 is 45.6. The highest BCUT2D eigenvalue weighted by Crippen LogP contribution is 2.38. The van der Waals surface area contributed by atoms with Crippen molar-refractivity contribution in [3.63, 3.8) is 0 Å². The van der Waals surface area contributed by atoms with E-state index in [-0.39, 0.29) is 17.5 Å². The molecule has 0 aliphatic rings. The van der Waals surface area contributed by atoms with Crippen molar-refractivity contribution >= 4 is 28.8 Å². The Morgan fingerprint density at radius 2 is 1.73 bits per heavy atom. The molecule has 0 amide bonds. The number of nitrogens with one attached hydrogen (secondary N) is 1. The van der Waals surface area contributed by atoms with E-state index in [1.807, 2.05) is 0 Å². The zero-order valence-electron chi connectivity index (χ0n) is 15.8. The zero-order valence-corrected chi connectivity index (χ0v) is 15.8. The predicted octanol–water partition coefficient (Wildman–Crippen LogP) is 4.92. The minimum Gasteiger partial charge on any atom is -0.497 e. The third-order valence-corrected chi connectivity index (χ3v) is 4.19. The number of nitrogens with zero attached hydrogens (tertiary/aromatic N) is 4. The summed E-state index contributed by atoms with van der Waals surface area (Å²) in [5.41, 5.74) is -0.274. The lowest BCUT2D eigenvalue weighted by Crippen LogP contribution is -2.19. The number of rotatable bonds is 6. The van der Waals surface area contributed by atoms with Crippen LogP contribution in [-0.2, 0) is 6.18 Å². The fourth-order valence-electron chi connectivity index (χ4n) is 2.61. The molecule has 0 saturated carbocycles. The molecule has 0 aliphatic carbocycles. The molecule has 0 spiro atoms. The minimum absolute atomic E-state index is 0.0905. The van der Waals surface area contributed by atoms with Crippen molar-refractivity contribution in [3.05, 3.63) is 70.4 Å². The summed E-state index contributed by atoms with van der Waals surface area (Å²) in [7, 11) is 2.94. The van der Waals surface area contributed by atoms with Gasteiger partial charge in [0.2, 0.25) is 5.95 Å². The highest BCUT2D eigenvalue weighted by molar-refractivity contribution is 5.65. The van der Waals surface area contributed by atoms with Gasteiger partial charge in [-0.1, -0.05) is 0 Å². The summed E-state index contributed by atoms with van der Waals surface area (Å²) in [5.74, 6) is 0.116. The quantitative estimate of drug-likeness (QED) is 0.448. The van der Waals surface area contributed by atoms with Gasteiger partial charge in [-0.2, -0.15) is 18.2 Å². The van der Waals surface area contributed by atoms with Crippen molar-refractivity contribution in [3.8, 4) is 5.75 Å². The maximum absolute atomic E-state index is 13.5. The molecule has 3 aromatic rings. The molecule has 1 heterocycles. The number of alkyl halides is 3. The molecular weight excluding hydrogens is 403 g/mol. The first kappa shape index (κ1) is 20.8. The number of methoxy groups -OCH3 is 1. The van der Waals surface area contributed by atoms with Gasteiger partial charge in [0.25, 0.3) is 5.69 Å². The maximum Gasteiger partial charge on any atom is 0.421 e. The van der Waals surface area contributed by atoms with Crippen LogP contribution in [0.3, 0.4) is 0 Å². The average Bonchev–Trinajstić information content (AvgIpc) is 2.73. The fraction of sp³-hybridized carbons (Fsp3) is 0.158. The second kappa shape index (κ2) is 8.23. The number of hydrogen-bond acceptors (Lipinski definition) is 7. The second-order valence-electron chi connectivity index (χ2n) is 6.11. The van der Waals surface area contributed by atoms with Gasteiger partial charge in [-0.15, -0.1) is 0 Å². The van der Waals surface area contributed by atoms with Gasteiger partial charge in [-0.25, -0.2) is 4.98 Å². The Labute approximate surface area is 169 Å². The van der Waals surface area contributed by atoms with E-state index in [2.05, 4.69) is 15.3 Å². The number of nitro groups is 1. The van der Waals surface area contributed by atoms with Crippen molar-refractivity contribution in [2.75, 3.05) is 24.4 Å². The van der Waals surface area contributed by atoms with E-state index < -0.39 is 16.7 Å². The monoisotopic (exact) mass is 419 g/mol. The third-order valence-electron chi connectivity index (χ3n) is 4.19. The lowest BCUT2D eigenvalue weighted by Gasteiger charge is -2.23. The predicted molar refractivity (Wildman–Crippen MR) is 104 cm³/mol. The van der Waals surface area contributed by atoms with Gasteiger partial charge in [0, 0.05) is 36.8 Å². The van der Waals surface area contributed by atoms with E-state index in [0.717, 1.165) is 0 Å². The van der Waals surface area contributed by atoms with Crippen LogP contribution in [0, 0.1) is 10.1 Å². The molecule has 0 bridgehead atoms. The molecule has 8 nitrogen and oxygen atoms in total. The van der Waals surface area contributed by atoms with Crippen LogP contribution in [0.5, 0.6) is 5.75 Å². The minimum atomic E-state index is -4.66. The van der Waals surface area contributed by atoms with Crippen LogP contribution >= 0.6 is 0 Å². The van der Waals surface area contributed by atoms with Crippen LogP contribution in [0.25, 0.3) is 0 Å². The Morgan fingerprint density at radius 1 is 1.10 bits per heavy atom. The number of benzene rings is 2. The molecule has 1 aromatic heterocycles. The smallest absolute Gasteiger partial charge is 0.421 e. The van der Waals surface area contributed by atoms with Crippen molar-refractivity contribution in [2.24, 2.45) is 0 Å². The van der Waals surface area contributed by atoms with Crippen molar-refractivity contribution in [1.29, 1.82) is 0 Å². The number of ether oxygens (including phenoxy) is 1. The van der Waals surface area contributed by atoms with E-state index in [9.17, 15) is 23.3 Å². The Bertz CT molecular complexity index is 1040. The van der Waals surface area contributed by atoms with Gasteiger partial charge in [-0.05, 0) is 36.4 Å². The first-order valence-corrected chi connectivity index (χ1v) is 8.52. The van der Waals surface area contributed by atoms with Gasteiger partial charge in [0.15, 0.2) is 5.82 Å². The number of aromatic nitrogens is 2. The topological polar surface area (TPSA) is 93.4 Å². The summed E-state index contributed by atoms with van der Waals surface area (Å²) in [6, 6.07) is 11.8. The molecule has 30 heavy (non-hydrogen) atoms. The summed E-state index contributed by atoms with van der Waals surface area (Å²) in [4.78, 5) is 19.2. The summed E-state index contributed by atoms with van der Waals surface area (Å²) in [5, 5.41) is 13.5. The van der Waals surface area contributed by atoms with Crippen LogP contribution in [0.4, 0.5) is 42.0 Å². The number of nitro benzene ring substituents is 1. The number of anilines is 4. The van der Waals surface area contributed by atoms with Gasteiger partial charge in [-0.3, -0.25) is 10.1 Å². The van der Waals surface area contributed by atoms with Gasteiger partial charge < -0.3 is 15.0 Å². The van der Waals surface area contributed by atoms with Crippen LogP contribution in [-0.4, -0.2) is 29.0 Å². The van der Waals surface area contributed by atoms with Gasteiger partial charge in [0.05, 0.1) is 12.0 Å². The Balaban J connectivity index is 1.96. The van der Waals surface area contributed by atoms with E-state index in [1.165, 1.54) is 43.3 Å². The normalized spacial score (nSPS) is 11.1. The first-order chi connectivity index (χ1) is 14.2. The summed E-state index contributed by atoms with van der Waals surface area (Å²) >= 11 is 0. The molecule has 3 rings (SSSR count). The maximum atomic E-state index is 13.5. The van der Waals surface area contributed by atoms with Crippen LogP contribution in [0.2, 0.25) is 0 Å². The SMILES string of the molecule is COc1ccc(N(C)c2nc(Nc3ccc([N+](=O)[O-])cc3)ncc2C(F)(F)F)cc1. The largest absolute Gasteiger partial charge is 0.497 e. The van der Waals surface area contributed by atoms with Crippen LogP contribution in [0.15, 0.2) is 54.7 Å². The molecular formula is C19H16F3N5O3. The standard InChI is InChI=1S/C19H16F3N5O3/c1-26(13-7-9-15(30-2)10-8-13)17-16(19(20,21)22)11-23-18(25-17)24-12-3-5-14(6-4-12)27(28)29/h3-11H,1-2H3,(H,23,24,25). The van der Waals surface area contributed by atoms with Gasteiger partial charge >= 0.3 is 6.18 Å². The number of hydrogen-bond donors (Lipinski definition) is 1. The van der Waals surface area contributed by atoms with Crippen LogP contribution in [0.1, 0.15) is 5.56 Å². The van der Waals surface area contributed by atoms with E-state index in [0.29, 0.717) is 23.3 Å². The van der Waals surface area contributed by atoms with Crippen molar-refractivity contribution in [1.82, 2.24) is 9.97 Å². The number of non-ortho nitro benzene ring substituents is 1. The Hall–Kier alpha value is -3.89. The van der Waals surface area contributed by atoms with E-state index >= 15 is 0 Å². The van der Waals surface area contributed by atoms with Crippen molar-refractivity contribution in [2.45, 2.75) is 6.18 Å². The molecule has 0 saturated heterocycles. The highest BCUT2D eigenvalue weighted by atomic mass is 19.4. The molecule has 1 N–H and O–H groups in total. The summed E-state index contributed by atoms with van der Waals surface area (Å²) in [6.45, 7) is 0. The Kier molecular flexibility index (Phi) is 5.72. The van der Waals surface area contributed by atoms with E-state index in [1.54, 1.807) is 24.3 Å². The van der Waals surface area contributed by atoms with Crippen LogP contribution < -0.4 is 15.0 Å². The molecule has 11 heteroatoms. The molecule has 0 fully saturated rings. The third kappa shape index (κ3) is 4.57. The first-order valence-electron chi connectivity index (χ1n) is 8.52. The number of halogens is 3. The Morgan fingerprint density at radius 3 is 2.27 bits per heavy atom. The molecule has 0 atom stereocenters. The lowest BCUT2D eigenvalue weighted by molar-refractivity contribution is -0.384. The van der Waals surface area contributed by atoms with Gasteiger partial charge in [0.1, 0.15) is 11.3 Å². The van der Waals surface area contributed by atoms with Crippen molar-refractivity contribution < 1.29 is 22.8 Å². The molecule has 156 valence electrons. The molecule has 0 unspecified atom stereocenters. The molecule has 0 radical (unpaired) electrons.